The number of nitrogens with zero attached hydrogens (tertiary/aromatic N) is 2. The lowest BCUT2D eigenvalue weighted by molar-refractivity contribution is 0.476. The zero-order chi connectivity index (χ0) is 12.3. The average molecular weight is 239 g/mol. The highest BCUT2D eigenvalue weighted by Crippen LogP contribution is 2.36. The number of aromatic amines is 1. The number of phenols is 1. The van der Waals surface area contributed by atoms with Gasteiger partial charge in [0.05, 0.1) is 17.6 Å². The van der Waals surface area contributed by atoms with Crippen LogP contribution in [0.2, 0.25) is 0 Å². The van der Waals surface area contributed by atoms with Crippen molar-refractivity contribution >= 4 is 10.9 Å². The van der Waals surface area contributed by atoms with E-state index in [1.165, 1.54) is 5.56 Å². The summed E-state index contributed by atoms with van der Waals surface area (Å²) in [6.07, 6.45) is 2.89. The van der Waals surface area contributed by atoms with Gasteiger partial charge in [0.15, 0.2) is 0 Å². The molecule has 2 aromatic heterocycles. The van der Waals surface area contributed by atoms with Crippen molar-refractivity contribution in [2.75, 3.05) is 0 Å². The Kier molecular flexibility index (Phi) is 1.71. The third-order valence-electron chi connectivity index (χ3n) is 3.79. The number of fused-ring (bicyclic) bond motifs is 5. The summed E-state index contributed by atoms with van der Waals surface area (Å²) in [5, 5.41) is 10.7. The van der Waals surface area contributed by atoms with Gasteiger partial charge in [-0.1, -0.05) is 0 Å². The smallest absolute Gasteiger partial charge is 0.116 e. The fraction of sp³-hybridized carbons (Fsp3) is 0.214. The molecule has 0 atom stereocenters. The van der Waals surface area contributed by atoms with E-state index in [0.717, 1.165) is 41.1 Å². The highest BCUT2D eigenvalue weighted by molar-refractivity contribution is 5.91. The molecule has 1 aliphatic heterocycles. The largest absolute Gasteiger partial charge is 0.508 e. The first-order valence-corrected chi connectivity index (χ1v) is 6.10. The number of rotatable bonds is 0. The van der Waals surface area contributed by atoms with Gasteiger partial charge in [0.25, 0.3) is 0 Å². The molecule has 0 aliphatic carbocycles. The molecule has 90 valence electrons. The van der Waals surface area contributed by atoms with Crippen LogP contribution in [0.3, 0.4) is 0 Å². The second-order valence-electron chi connectivity index (χ2n) is 4.80. The third-order valence-corrected chi connectivity index (χ3v) is 3.79. The second kappa shape index (κ2) is 3.16. The number of aromatic hydroxyl groups is 1. The van der Waals surface area contributed by atoms with Crippen LogP contribution >= 0.6 is 0 Å². The zero-order valence-corrected chi connectivity index (χ0v) is 10.1. The van der Waals surface area contributed by atoms with Crippen LogP contribution < -0.4 is 0 Å². The molecule has 18 heavy (non-hydrogen) atoms. The third kappa shape index (κ3) is 1.12. The number of hydrogen-bond donors (Lipinski definition) is 2. The Hall–Kier alpha value is -2.23. The molecule has 0 amide bonds. The van der Waals surface area contributed by atoms with Crippen molar-refractivity contribution in [2.45, 2.75) is 19.9 Å². The summed E-state index contributed by atoms with van der Waals surface area (Å²) in [6.45, 7) is 2.99. The number of H-pyrrole nitrogens is 1. The summed E-state index contributed by atoms with van der Waals surface area (Å²) in [4.78, 5) is 7.82. The number of aryl methyl sites for hydroxylation is 2. The molecule has 0 radical (unpaired) electrons. The van der Waals surface area contributed by atoms with E-state index in [0.29, 0.717) is 5.75 Å². The Bertz CT molecular complexity index is 767. The summed E-state index contributed by atoms with van der Waals surface area (Å²) < 4.78 is 2.23. The first kappa shape index (κ1) is 9.76. The van der Waals surface area contributed by atoms with Gasteiger partial charge in [-0.2, -0.15) is 0 Å². The molecule has 3 heterocycles. The highest BCUT2D eigenvalue weighted by Gasteiger charge is 2.22. The number of nitrogens with one attached hydrogen (secondary N) is 1. The minimum Gasteiger partial charge on any atom is -0.508 e. The van der Waals surface area contributed by atoms with Crippen molar-refractivity contribution in [3.05, 3.63) is 35.8 Å². The maximum absolute atomic E-state index is 9.62. The minimum absolute atomic E-state index is 0.319. The Labute approximate surface area is 104 Å². The molecule has 4 nitrogen and oxygen atoms in total. The van der Waals surface area contributed by atoms with Crippen LogP contribution in [0.5, 0.6) is 5.75 Å². The van der Waals surface area contributed by atoms with Crippen molar-refractivity contribution in [3.8, 4) is 17.1 Å². The normalized spacial score (nSPS) is 13.6. The first-order chi connectivity index (χ1) is 8.74. The zero-order valence-electron chi connectivity index (χ0n) is 10.1. The molecule has 4 rings (SSSR count). The molecule has 2 N–H and O–H groups in total. The highest BCUT2D eigenvalue weighted by atomic mass is 16.3. The van der Waals surface area contributed by atoms with Crippen LogP contribution in [0.15, 0.2) is 24.4 Å². The number of phenolic OH excluding ortho intramolecular Hbond substituents is 1. The molecule has 4 heteroatoms. The molecular formula is C14H13N3O. The van der Waals surface area contributed by atoms with Gasteiger partial charge in [-0.3, -0.25) is 0 Å². The topological polar surface area (TPSA) is 53.8 Å². The van der Waals surface area contributed by atoms with Gasteiger partial charge in [-0.15, -0.1) is 0 Å². The van der Waals surface area contributed by atoms with Crippen LogP contribution in [0.1, 0.15) is 11.4 Å². The monoisotopic (exact) mass is 239 g/mol. The van der Waals surface area contributed by atoms with Gasteiger partial charge in [-0.05, 0) is 37.1 Å². The Morgan fingerprint density at radius 3 is 3.17 bits per heavy atom. The number of aromatic nitrogens is 3. The van der Waals surface area contributed by atoms with E-state index >= 15 is 0 Å². The van der Waals surface area contributed by atoms with Crippen molar-refractivity contribution in [1.29, 1.82) is 0 Å². The van der Waals surface area contributed by atoms with Crippen LogP contribution in [-0.2, 0) is 13.0 Å². The van der Waals surface area contributed by atoms with E-state index < -0.39 is 0 Å². The Morgan fingerprint density at radius 1 is 1.39 bits per heavy atom. The molecule has 1 aliphatic rings. The molecule has 3 aromatic rings. The van der Waals surface area contributed by atoms with Crippen molar-refractivity contribution in [2.24, 2.45) is 0 Å². The van der Waals surface area contributed by atoms with E-state index in [1.54, 1.807) is 6.07 Å². The van der Waals surface area contributed by atoms with E-state index in [9.17, 15) is 5.11 Å². The van der Waals surface area contributed by atoms with Crippen molar-refractivity contribution in [1.82, 2.24) is 14.5 Å². The fourth-order valence-corrected chi connectivity index (χ4v) is 2.89. The molecule has 0 saturated heterocycles. The quantitative estimate of drug-likeness (QED) is 0.633. The Morgan fingerprint density at radius 2 is 2.28 bits per heavy atom. The van der Waals surface area contributed by atoms with Crippen LogP contribution in [0, 0.1) is 6.92 Å². The molecule has 0 unspecified atom stereocenters. The lowest BCUT2D eigenvalue weighted by Crippen LogP contribution is -2.11. The van der Waals surface area contributed by atoms with Gasteiger partial charge in [0.2, 0.25) is 0 Å². The minimum atomic E-state index is 0.319. The molecule has 1 aromatic carbocycles. The van der Waals surface area contributed by atoms with E-state index in [2.05, 4.69) is 14.5 Å². The summed E-state index contributed by atoms with van der Waals surface area (Å²) in [5.74, 6) is 1.37. The van der Waals surface area contributed by atoms with Gasteiger partial charge in [0.1, 0.15) is 11.6 Å². The Balaban J connectivity index is 2.08. The first-order valence-electron chi connectivity index (χ1n) is 6.10. The number of imidazole rings is 1. The molecule has 0 saturated carbocycles. The van der Waals surface area contributed by atoms with Crippen molar-refractivity contribution < 1.29 is 5.11 Å². The summed E-state index contributed by atoms with van der Waals surface area (Å²) >= 11 is 0. The standard InChI is InChI=1S/C14H13N3O/c1-8-15-7-13-14-10(4-5-17(8)13)11-6-9(18)2-3-12(11)16-14/h2-3,6-7,16,18H,4-5H2,1H3. The summed E-state index contributed by atoms with van der Waals surface area (Å²) in [6, 6.07) is 5.48. The molecular weight excluding hydrogens is 226 g/mol. The second-order valence-corrected chi connectivity index (χ2v) is 4.80. The lowest BCUT2D eigenvalue weighted by Gasteiger charge is -2.16. The molecule has 0 fully saturated rings. The van der Waals surface area contributed by atoms with E-state index in [1.807, 2.05) is 25.3 Å². The summed E-state index contributed by atoms with van der Waals surface area (Å²) in [5.41, 5.74) is 4.64. The molecule has 0 spiro atoms. The fourth-order valence-electron chi connectivity index (χ4n) is 2.89. The maximum atomic E-state index is 9.62. The number of benzene rings is 1. The predicted octanol–water partition coefficient (Wildman–Crippen LogP) is 2.60. The average Bonchev–Trinajstić information content (AvgIpc) is 2.90. The van der Waals surface area contributed by atoms with E-state index in [4.69, 9.17) is 0 Å². The van der Waals surface area contributed by atoms with Crippen molar-refractivity contribution in [3.63, 3.8) is 0 Å². The van der Waals surface area contributed by atoms with Crippen LogP contribution in [-0.4, -0.2) is 19.6 Å². The van der Waals surface area contributed by atoms with Gasteiger partial charge < -0.3 is 14.7 Å². The van der Waals surface area contributed by atoms with Gasteiger partial charge in [-0.25, -0.2) is 4.98 Å². The predicted molar refractivity (Wildman–Crippen MR) is 69.6 cm³/mol. The van der Waals surface area contributed by atoms with Crippen LogP contribution in [0.25, 0.3) is 22.3 Å². The lowest BCUT2D eigenvalue weighted by atomic mass is 10.0. The summed E-state index contributed by atoms with van der Waals surface area (Å²) in [7, 11) is 0. The van der Waals surface area contributed by atoms with E-state index in [-0.39, 0.29) is 0 Å². The number of hydrogen-bond acceptors (Lipinski definition) is 2. The van der Waals surface area contributed by atoms with Crippen LogP contribution in [0.4, 0.5) is 0 Å². The maximum Gasteiger partial charge on any atom is 0.116 e. The molecule has 0 bridgehead atoms. The van der Waals surface area contributed by atoms with Gasteiger partial charge in [0, 0.05) is 17.4 Å². The SMILES string of the molecule is Cc1ncc2n1CCc1c-2[nH]c2ccc(O)cc12. The van der Waals surface area contributed by atoms with Gasteiger partial charge >= 0.3 is 0 Å².